The Labute approximate surface area is 126 Å². The maximum atomic E-state index is 10.7. The van der Waals surface area contributed by atoms with Crippen LogP contribution < -0.4 is 4.74 Å². The molecule has 1 saturated carbocycles. The number of aliphatic hydroxyl groups excluding tert-OH is 1. The molecule has 4 rings (SSSR count). The second kappa shape index (κ2) is 5.62. The molecule has 3 nitrogen and oxygen atoms in total. The molecule has 0 radical (unpaired) electrons. The van der Waals surface area contributed by atoms with Gasteiger partial charge in [-0.1, -0.05) is 37.5 Å². The number of likely N-dealkylation sites (tertiary alicyclic amines) is 1. The Morgan fingerprint density at radius 3 is 2.76 bits per heavy atom. The van der Waals surface area contributed by atoms with Crippen molar-refractivity contribution in [2.75, 3.05) is 19.7 Å². The first-order valence-electron chi connectivity index (χ1n) is 8.47. The number of hydrogen-bond donors (Lipinski definition) is 1. The van der Waals surface area contributed by atoms with E-state index in [1.165, 1.54) is 32.1 Å². The topological polar surface area (TPSA) is 32.7 Å². The SMILES string of the molecule is OC1c2ccccc2OCC1N1CCC2CCCCC2C1. The highest BCUT2D eigenvalue weighted by Gasteiger charge is 2.38. The van der Waals surface area contributed by atoms with E-state index in [4.69, 9.17) is 4.74 Å². The Hall–Kier alpha value is -1.06. The van der Waals surface area contributed by atoms with Crippen molar-refractivity contribution in [1.29, 1.82) is 0 Å². The molecule has 3 heteroatoms. The molecule has 1 N–H and O–H groups in total. The summed E-state index contributed by atoms with van der Waals surface area (Å²) in [6, 6.07) is 8.05. The fourth-order valence-corrected chi connectivity index (χ4v) is 4.57. The number of ether oxygens (including phenoxy) is 1. The van der Waals surface area contributed by atoms with Gasteiger partial charge in [-0.2, -0.15) is 0 Å². The zero-order valence-electron chi connectivity index (χ0n) is 12.6. The van der Waals surface area contributed by atoms with E-state index >= 15 is 0 Å². The summed E-state index contributed by atoms with van der Waals surface area (Å²) in [4.78, 5) is 2.49. The molecule has 0 aromatic heterocycles. The number of fused-ring (bicyclic) bond motifs is 2. The van der Waals surface area contributed by atoms with E-state index in [1.54, 1.807) is 0 Å². The van der Waals surface area contributed by atoms with Gasteiger partial charge < -0.3 is 9.84 Å². The zero-order valence-corrected chi connectivity index (χ0v) is 12.6. The van der Waals surface area contributed by atoms with Crippen molar-refractivity contribution in [3.63, 3.8) is 0 Å². The summed E-state index contributed by atoms with van der Waals surface area (Å²) < 4.78 is 5.89. The molecular weight excluding hydrogens is 262 g/mol. The molecule has 4 unspecified atom stereocenters. The van der Waals surface area contributed by atoms with Crippen LogP contribution in [0.5, 0.6) is 5.75 Å². The van der Waals surface area contributed by atoms with E-state index in [2.05, 4.69) is 4.90 Å². The maximum absolute atomic E-state index is 10.7. The summed E-state index contributed by atoms with van der Waals surface area (Å²) >= 11 is 0. The number of hydrogen-bond acceptors (Lipinski definition) is 3. The van der Waals surface area contributed by atoms with E-state index < -0.39 is 6.10 Å². The molecule has 0 spiro atoms. The van der Waals surface area contributed by atoms with Crippen LogP contribution in [-0.4, -0.2) is 35.7 Å². The molecule has 114 valence electrons. The Bertz CT molecular complexity index is 504. The molecule has 1 aromatic rings. The number of piperidine rings is 1. The summed E-state index contributed by atoms with van der Waals surface area (Å²) in [5.41, 5.74) is 0.958. The summed E-state index contributed by atoms with van der Waals surface area (Å²) in [6.45, 7) is 2.89. The van der Waals surface area contributed by atoms with Crippen molar-refractivity contribution in [2.24, 2.45) is 11.8 Å². The van der Waals surface area contributed by atoms with Crippen molar-refractivity contribution in [2.45, 2.75) is 44.2 Å². The lowest BCUT2D eigenvalue weighted by Crippen LogP contribution is -2.52. The molecule has 0 bridgehead atoms. The van der Waals surface area contributed by atoms with Crippen LogP contribution in [0.3, 0.4) is 0 Å². The zero-order chi connectivity index (χ0) is 14.2. The third-order valence-corrected chi connectivity index (χ3v) is 5.80. The fraction of sp³-hybridized carbons (Fsp3) is 0.667. The van der Waals surface area contributed by atoms with Gasteiger partial charge in [0.1, 0.15) is 18.5 Å². The number of para-hydroxylation sites is 1. The third kappa shape index (κ3) is 2.47. The van der Waals surface area contributed by atoms with Gasteiger partial charge in [0, 0.05) is 12.1 Å². The first-order chi connectivity index (χ1) is 10.3. The molecule has 1 aliphatic carbocycles. The van der Waals surface area contributed by atoms with Gasteiger partial charge in [0.15, 0.2) is 0 Å². The minimum atomic E-state index is -0.407. The van der Waals surface area contributed by atoms with Crippen molar-refractivity contribution in [3.8, 4) is 5.75 Å². The summed E-state index contributed by atoms with van der Waals surface area (Å²) in [6.07, 6.45) is 6.50. The van der Waals surface area contributed by atoms with Crippen LogP contribution in [-0.2, 0) is 0 Å². The van der Waals surface area contributed by atoms with Gasteiger partial charge >= 0.3 is 0 Å². The van der Waals surface area contributed by atoms with E-state index in [-0.39, 0.29) is 6.04 Å². The van der Waals surface area contributed by atoms with E-state index in [0.29, 0.717) is 6.61 Å². The van der Waals surface area contributed by atoms with Crippen LogP contribution in [0.1, 0.15) is 43.8 Å². The number of nitrogens with zero attached hydrogens (tertiary/aromatic N) is 1. The lowest BCUT2D eigenvalue weighted by atomic mass is 9.74. The second-order valence-electron chi connectivity index (χ2n) is 6.95. The van der Waals surface area contributed by atoms with Crippen LogP contribution in [0.4, 0.5) is 0 Å². The highest BCUT2D eigenvalue weighted by Crippen LogP contribution is 2.40. The predicted octanol–water partition coefficient (Wildman–Crippen LogP) is 2.99. The van der Waals surface area contributed by atoms with Crippen LogP contribution in [0.15, 0.2) is 24.3 Å². The van der Waals surface area contributed by atoms with Crippen LogP contribution >= 0.6 is 0 Å². The molecule has 3 aliphatic rings. The molecule has 1 aromatic carbocycles. The maximum Gasteiger partial charge on any atom is 0.125 e. The molecule has 1 saturated heterocycles. The number of aliphatic hydroxyl groups is 1. The smallest absolute Gasteiger partial charge is 0.125 e. The predicted molar refractivity (Wildman–Crippen MR) is 82.3 cm³/mol. The number of benzene rings is 1. The first kappa shape index (κ1) is 13.6. The van der Waals surface area contributed by atoms with Gasteiger partial charge in [-0.05, 0) is 37.3 Å². The Morgan fingerprint density at radius 2 is 1.86 bits per heavy atom. The van der Waals surface area contributed by atoms with Gasteiger partial charge in [0.05, 0.1) is 6.04 Å². The average Bonchev–Trinajstić information content (AvgIpc) is 2.55. The summed E-state index contributed by atoms with van der Waals surface area (Å²) in [5.74, 6) is 2.63. The van der Waals surface area contributed by atoms with Crippen molar-refractivity contribution in [1.82, 2.24) is 4.90 Å². The summed E-state index contributed by atoms with van der Waals surface area (Å²) in [5, 5.41) is 10.7. The molecule has 21 heavy (non-hydrogen) atoms. The Kier molecular flexibility index (Phi) is 3.64. The monoisotopic (exact) mass is 287 g/mol. The Morgan fingerprint density at radius 1 is 1.05 bits per heavy atom. The Balaban J connectivity index is 1.50. The summed E-state index contributed by atoms with van der Waals surface area (Å²) in [7, 11) is 0. The van der Waals surface area contributed by atoms with Crippen molar-refractivity contribution < 1.29 is 9.84 Å². The largest absolute Gasteiger partial charge is 0.491 e. The quantitative estimate of drug-likeness (QED) is 0.862. The minimum absolute atomic E-state index is 0.128. The highest BCUT2D eigenvalue weighted by molar-refractivity contribution is 5.37. The van der Waals surface area contributed by atoms with Gasteiger partial charge in [0.2, 0.25) is 0 Å². The van der Waals surface area contributed by atoms with E-state index in [0.717, 1.165) is 36.2 Å². The molecule has 2 heterocycles. The molecule has 0 amide bonds. The van der Waals surface area contributed by atoms with Crippen LogP contribution in [0, 0.1) is 11.8 Å². The third-order valence-electron chi connectivity index (χ3n) is 5.80. The fourth-order valence-electron chi connectivity index (χ4n) is 4.57. The van der Waals surface area contributed by atoms with Crippen LogP contribution in [0.2, 0.25) is 0 Å². The van der Waals surface area contributed by atoms with Gasteiger partial charge in [-0.15, -0.1) is 0 Å². The average molecular weight is 287 g/mol. The standard InChI is InChI=1S/C18H25NO2/c20-18-15-7-3-4-8-17(15)21-12-16(18)19-10-9-13-5-1-2-6-14(13)11-19/h3-4,7-8,13-14,16,18,20H,1-2,5-6,9-12H2. The van der Waals surface area contributed by atoms with E-state index in [9.17, 15) is 5.11 Å². The molecule has 4 atom stereocenters. The normalized spacial score (nSPS) is 36.4. The minimum Gasteiger partial charge on any atom is -0.491 e. The van der Waals surface area contributed by atoms with Crippen molar-refractivity contribution >= 4 is 0 Å². The van der Waals surface area contributed by atoms with Gasteiger partial charge in [0.25, 0.3) is 0 Å². The molecule has 2 fully saturated rings. The second-order valence-corrected chi connectivity index (χ2v) is 6.95. The van der Waals surface area contributed by atoms with Gasteiger partial charge in [-0.3, -0.25) is 4.90 Å². The lowest BCUT2D eigenvalue weighted by molar-refractivity contribution is -0.0316. The first-order valence-corrected chi connectivity index (χ1v) is 8.47. The molecule has 2 aliphatic heterocycles. The van der Waals surface area contributed by atoms with Crippen LogP contribution in [0.25, 0.3) is 0 Å². The van der Waals surface area contributed by atoms with Crippen molar-refractivity contribution in [3.05, 3.63) is 29.8 Å². The molecular formula is C18H25NO2. The lowest BCUT2D eigenvalue weighted by Gasteiger charge is -2.46. The van der Waals surface area contributed by atoms with E-state index in [1.807, 2.05) is 24.3 Å². The highest BCUT2D eigenvalue weighted by atomic mass is 16.5. The number of rotatable bonds is 1. The van der Waals surface area contributed by atoms with Gasteiger partial charge in [-0.25, -0.2) is 0 Å².